The monoisotopic (exact) mass is 774 g/mol. The molecule has 1 heterocycles. The molecule has 1 amide bonds. The number of hydrogen-bond acceptors (Lipinski definition) is 14. The lowest BCUT2D eigenvalue weighted by molar-refractivity contribution is -0.144. The van der Waals surface area contributed by atoms with E-state index in [1.165, 1.54) is 69.9 Å². The molecule has 55 heavy (non-hydrogen) atoms. The van der Waals surface area contributed by atoms with Crippen molar-refractivity contribution in [2.45, 2.75) is 51.4 Å². The van der Waals surface area contributed by atoms with Crippen molar-refractivity contribution >= 4 is 23.8 Å². The first kappa shape index (κ1) is 42.2. The molecule has 0 aliphatic carbocycles. The third-order valence-electron chi connectivity index (χ3n) is 7.92. The lowest BCUT2D eigenvalue weighted by Gasteiger charge is -2.29. The van der Waals surface area contributed by atoms with Crippen molar-refractivity contribution < 1.29 is 70.7 Å². The number of esters is 1. The summed E-state index contributed by atoms with van der Waals surface area (Å²) in [7, 11) is 5.53. The molecule has 3 aromatic carbocycles. The molecule has 1 fully saturated rings. The lowest BCUT2D eigenvalue weighted by atomic mass is 10.0. The van der Waals surface area contributed by atoms with Gasteiger partial charge in [0.25, 0.3) is 5.91 Å². The SMILES string of the molecule is COCOc1cc(F)cc(F)c1C(=O)c1ccc(C(=O)O[C@@H]2CCCN(OC(=O)OC(C)(C)C)C[C@H]2NC(=O)c2cc(OC)c(OCOC)c(OC)c2)cc1. The van der Waals surface area contributed by atoms with Crippen molar-refractivity contribution in [1.29, 1.82) is 0 Å². The standard InChI is InChI=1S/C38H44F2N2O13/c1-38(2,3)54-37(46)55-42-14-8-9-28(27(19-42)41-35(44)24-15-30(49-6)34(52-21-48-5)31(16-24)50-7)53-36(45)23-12-10-22(11-13-23)33(43)32-26(40)17-25(39)18-29(32)51-20-47-4/h10-13,15-18,27-28H,8-9,14,19-21H2,1-7H3,(H,41,44)/t27-,28-/m1/s1. The van der Waals surface area contributed by atoms with Gasteiger partial charge in [-0.05, 0) is 57.9 Å². The van der Waals surface area contributed by atoms with E-state index < -0.39 is 58.8 Å². The van der Waals surface area contributed by atoms with E-state index in [2.05, 4.69) is 5.32 Å². The number of ether oxygens (including phenoxy) is 8. The van der Waals surface area contributed by atoms with E-state index in [9.17, 15) is 28.0 Å². The van der Waals surface area contributed by atoms with Crippen LogP contribution in [-0.4, -0.2) is 102 Å². The minimum Gasteiger partial charge on any atom is -0.493 e. The van der Waals surface area contributed by atoms with Gasteiger partial charge >= 0.3 is 12.1 Å². The summed E-state index contributed by atoms with van der Waals surface area (Å²) >= 11 is 0. The smallest absolute Gasteiger partial charge is 0.493 e. The fourth-order valence-corrected chi connectivity index (χ4v) is 5.47. The zero-order valence-electron chi connectivity index (χ0n) is 31.5. The number of rotatable bonds is 15. The highest BCUT2D eigenvalue weighted by atomic mass is 19.1. The Bertz CT molecular complexity index is 1810. The Morgan fingerprint density at radius 1 is 0.818 bits per heavy atom. The summed E-state index contributed by atoms with van der Waals surface area (Å²) < 4.78 is 71.3. The van der Waals surface area contributed by atoms with Crippen LogP contribution < -0.4 is 24.3 Å². The minimum atomic E-state index is -1.14. The average molecular weight is 775 g/mol. The highest BCUT2D eigenvalue weighted by molar-refractivity contribution is 6.11. The molecule has 298 valence electrons. The van der Waals surface area contributed by atoms with Crippen molar-refractivity contribution in [3.63, 3.8) is 0 Å². The second kappa shape index (κ2) is 19.2. The molecular formula is C38H44F2N2O13. The molecule has 3 aromatic rings. The molecule has 0 bridgehead atoms. The fourth-order valence-electron chi connectivity index (χ4n) is 5.47. The third kappa shape index (κ3) is 11.5. The van der Waals surface area contributed by atoms with Crippen LogP contribution in [0.5, 0.6) is 23.0 Å². The highest BCUT2D eigenvalue weighted by Crippen LogP contribution is 2.39. The van der Waals surface area contributed by atoms with Gasteiger partial charge < -0.3 is 48.0 Å². The number of carbonyl (C=O) groups excluding carboxylic acids is 4. The van der Waals surface area contributed by atoms with Crippen molar-refractivity contribution in [3.05, 3.63) is 82.4 Å². The van der Waals surface area contributed by atoms with Gasteiger partial charge in [-0.3, -0.25) is 9.59 Å². The van der Waals surface area contributed by atoms with E-state index in [-0.39, 0.29) is 72.8 Å². The van der Waals surface area contributed by atoms with E-state index in [0.29, 0.717) is 12.5 Å². The summed E-state index contributed by atoms with van der Waals surface area (Å²) in [6.07, 6.45) is -1.27. The number of amides is 1. The molecule has 17 heteroatoms. The Labute approximate surface area is 316 Å². The number of nitrogens with zero attached hydrogens (tertiary/aromatic N) is 1. The van der Waals surface area contributed by atoms with Crippen LogP contribution in [0.3, 0.4) is 0 Å². The molecule has 1 aliphatic heterocycles. The number of carbonyl (C=O) groups is 4. The van der Waals surface area contributed by atoms with E-state index in [1.54, 1.807) is 20.8 Å². The molecule has 0 aromatic heterocycles. The van der Waals surface area contributed by atoms with E-state index >= 15 is 0 Å². The predicted molar refractivity (Wildman–Crippen MR) is 189 cm³/mol. The molecule has 4 rings (SSSR count). The van der Waals surface area contributed by atoms with Gasteiger partial charge in [-0.25, -0.2) is 18.4 Å². The predicted octanol–water partition coefficient (Wildman–Crippen LogP) is 5.46. The molecule has 0 unspecified atom stereocenters. The molecular weight excluding hydrogens is 730 g/mol. The lowest BCUT2D eigenvalue weighted by Crippen LogP contribution is -2.50. The summed E-state index contributed by atoms with van der Waals surface area (Å²) in [4.78, 5) is 58.6. The van der Waals surface area contributed by atoms with E-state index in [0.717, 1.165) is 6.07 Å². The average Bonchev–Trinajstić information content (AvgIpc) is 3.31. The zero-order chi connectivity index (χ0) is 40.3. The van der Waals surface area contributed by atoms with Gasteiger partial charge in [-0.1, -0.05) is 12.1 Å². The number of benzene rings is 3. The Balaban J connectivity index is 1.58. The van der Waals surface area contributed by atoms with Crippen molar-refractivity contribution in [2.75, 3.05) is 55.1 Å². The maximum absolute atomic E-state index is 14.8. The molecule has 0 saturated carbocycles. The number of halogens is 2. The first-order chi connectivity index (χ1) is 26.2. The molecule has 15 nitrogen and oxygen atoms in total. The summed E-state index contributed by atoms with van der Waals surface area (Å²) in [6.45, 7) is 4.69. The highest BCUT2D eigenvalue weighted by Gasteiger charge is 2.35. The quantitative estimate of drug-likeness (QED) is 0.117. The fraction of sp³-hybridized carbons (Fsp3) is 0.421. The van der Waals surface area contributed by atoms with Crippen LogP contribution in [-0.2, 0) is 23.8 Å². The summed E-state index contributed by atoms with van der Waals surface area (Å²) in [5.74, 6) is -4.11. The normalized spacial score (nSPS) is 15.9. The second-order valence-electron chi connectivity index (χ2n) is 13.1. The number of ketones is 1. The molecule has 2 atom stereocenters. The Morgan fingerprint density at radius 2 is 1.44 bits per heavy atom. The van der Waals surface area contributed by atoms with E-state index in [4.69, 9.17) is 42.7 Å². The number of hydroxylamine groups is 2. The van der Waals surface area contributed by atoms with Crippen molar-refractivity contribution in [3.8, 4) is 23.0 Å². The topological polar surface area (TPSA) is 167 Å². The van der Waals surface area contributed by atoms with Crippen LogP contribution in [0, 0.1) is 11.6 Å². The maximum atomic E-state index is 14.8. The van der Waals surface area contributed by atoms with Gasteiger partial charge in [0, 0.05) is 44.0 Å². The van der Waals surface area contributed by atoms with Crippen LogP contribution in [0.1, 0.15) is 70.3 Å². The van der Waals surface area contributed by atoms with Gasteiger partial charge in [-0.2, -0.15) is 0 Å². The molecule has 1 saturated heterocycles. The Morgan fingerprint density at radius 3 is 2.04 bits per heavy atom. The van der Waals surface area contributed by atoms with Crippen LogP contribution in [0.2, 0.25) is 0 Å². The van der Waals surface area contributed by atoms with Crippen LogP contribution in [0.4, 0.5) is 13.6 Å². The van der Waals surface area contributed by atoms with E-state index in [1.807, 2.05) is 0 Å². The van der Waals surface area contributed by atoms with Gasteiger partial charge in [0.05, 0.1) is 32.4 Å². The zero-order valence-corrected chi connectivity index (χ0v) is 31.5. The molecule has 1 N–H and O–H groups in total. The molecule has 0 spiro atoms. The van der Waals surface area contributed by atoms with Gasteiger partial charge in [0.15, 0.2) is 30.9 Å². The van der Waals surface area contributed by atoms with Crippen LogP contribution in [0.25, 0.3) is 0 Å². The Kier molecular flexibility index (Phi) is 14.7. The van der Waals surface area contributed by atoms with Crippen molar-refractivity contribution in [1.82, 2.24) is 10.4 Å². The number of nitrogens with one attached hydrogen (secondary N) is 1. The van der Waals surface area contributed by atoms with Gasteiger partial charge in [0.1, 0.15) is 34.7 Å². The van der Waals surface area contributed by atoms with Gasteiger partial charge in [0.2, 0.25) is 5.75 Å². The molecule has 0 radical (unpaired) electrons. The minimum absolute atomic E-state index is 0.0247. The van der Waals surface area contributed by atoms with Gasteiger partial charge in [-0.15, -0.1) is 5.06 Å². The largest absolute Gasteiger partial charge is 0.528 e. The molecule has 1 aliphatic rings. The summed E-state index contributed by atoms with van der Waals surface area (Å²) in [5.41, 5.74) is -1.23. The first-order valence-corrected chi connectivity index (χ1v) is 17.0. The maximum Gasteiger partial charge on any atom is 0.528 e. The van der Waals surface area contributed by atoms with Crippen molar-refractivity contribution in [2.24, 2.45) is 0 Å². The Hall–Kier alpha value is -5.52. The number of methoxy groups -OCH3 is 4. The van der Waals surface area contributed by atoms with Crippen LogP contribution in [0.15, 0.2) is 48.5 Å². The first-order valence-electron chi connectivity index (χ1n) is 17.0. The number of hydrogen-bond donors (Lipinski definition) is 1. The second-order valence-corrected chi connectivity index (χ2v) is 13.1. The third-order valence-corrected chi connectivity index (χ3v) is 7.92. The summed E-state index contributed by atoms with van der Waals surface area (Å²) in [6, 6.07) is 8.53. The van der Waals surface area contributed by atoms with Crippen LogP contribution >= 0.6 is 0 Å². The summed E-state index contributed by atoms with van der Waals surface area (Å²) in [5, 5.41) is 4.19.